The zero-order valence-electron chi connectivity index (χ0n) is 10.4. The SMILES string of the molecule is CC(C)c1[nH]cnc1-c1cccc(CCN)c1. The van der Waals surface area contributed by atoms with Crippen LogP contribution in [0.5, 0.6) is 0 Å². The zero-order valence-corrected chi connectivity index (χ0v) is 10.4. The van der Waals surface area contributed by atoms with Crippen molar-refractivity contribution >= 4 is 0 Å². The Morgan fingerprint density at radius 1 is 1.35 bits per heavy atom. The molecule has 0 aliphatic rings. The highest BCUT2D eigenvalue weighted by Gasteiger charge is 2.11. The van der Waals surface area contributed by atoms with Gasteiger partial charge in [0.05, 0.1) is 12.0 Å². The number of hydrogen-bond acceptors (Lipinski definition) is 2. The van der Waals surface area contributed by atoms with Crippen molar-refractivity contribution in [1.29, 1.82) is 0 Å². The van der Waals surface area contributed by atoms with Gasteiger partial charge >= 0.3 is 0 Å². The first-order chi connectivity index (χ1) is 8.22. The first-order valence-corrected chi connectivity index (χ1v) is 6.05. The highest BCUT2D eigenvalue weighted by atomic mass is 14.9. The summed E-state index contributed by atoms with van der Waals surface area (Å²) in [5.74, 6) is 0.450. The number of nitrogens with one attached hydrogen (secondary N) is 1. The van der Waals surface area contributed by atoms with Crippen molar-refractivity contribution in [2.75, 3.05) is 6.54 Å². The summed E-state index contributed by atoms with van der Waals surface area (Å²) in [4.78, 5) is 7.64. The van der Waals surface area contributed by atoms with E-state index in [0.717, 1.165) is 12.1 Å². The van der Waals surface area contributed by atoms with Gasteiger partial charge in [0.1, 0.15) is 0 Å². The molecule has 0 unspecified atom stereocenters. The third-order valence-corrected chi connectivity index (χ3v) is 2.88. The van der Waals surface area contributed by atoms with E-state index in [2.05, 4.69) is 48.1 Å². The molecule has 2 aromatic rings. The maximum Gasteiger partial charge on any atom is 0.0929 e. The Balaban J connectivity index is 2.38. The predicted octanol–water partition coefficient (Wildman–Crippen LogP) is 2.70. The molecular weight excluding hydrogens is 210 g/mol. The summed E-state index contributed by atoms with van der Waals surface area (Å²) in [5, 5.41) is 0. The number of H-pyrrole nitrogens is 1. The molecule has 1 aromatic carbocycles. The van der Waals surface area contributed by atoms with Gasteiger partial charge < -0.3 is 10.7 Å². The molecule has 0 saturated carbocycles. The monoisotopic (exact) mass is 229 g/mol. The van der Waals surface area contributed by atoms with Crippen LogP contribution in [0.1, 0.15) is 31.0 Å². The van der Waals surface area contributed by atoms with Gasteiger partial charge in [-0.15, -0.1) is 0 Å². The molecule has 17 heavy (non-hydrogen) atoms. The molecule has 0 amide bonds. The molecule has 3 nitrogen and oxygen atoms in total. The quantitative estimate of drug-likeness (QED) is 0.847. The molecule has 0 bridgehead atoms. The van der Waals surface area contributed by atoms with Crippen LogP contribution >= 0.6 is 0 Å². The lowest BCUT2D eigenvalue weighted by molar-refractivity contribution is 0.834. The van der Waals surface area contributed by atoms with Crippen molar-refractivity contribution in [2.24, 2.45) is 5.73 Å². The molecule has 0 atom stereocenters. The van der Waals surface area contributed by atoms with Crippen molar-refractivity contribution in [3.05, 3.63) is 41.9 Å². The summed E-state index contributed by atoms with van der Waals surface area (Å²) >= 11 is 0. The number of aromatic nitrogens is 2. The molecule has 90 valence electrons. The van der Waals surface area contributed by atoms with Crippen LogP contribution in [-0.4, -0.2) is 16.5 Å². The number of benzene rings is 1. The van der Waals surface area contributed by atoms with Gasteiger partial charge in [-0.3, -0.25) is 0 Å². The van der Waals surface area contributed by atoms with Gasteiger partial charge in [0.25, 0.3) is 0 Å². The van der Waals surface area contributed by atoms with Crippen LogP contribution in [0.15, 0.2) is 30.6 Å². The van der Waals surface area contributed by atoms with E-state index in [0.29, 0.717) is 12.5 Å². The Morgan fingerprint density at radius 3 is 2.88 bits per heavy atom. The van der Waals surface area contributed by atoms with Crippen LogP contribution in [0.3, 0.4) is 0 Å². The normalized spacial score (nSPS) is 11.1. The Bertz CT molecular complexity index is 486. The van der Waals surface area contributed by atoms with E-state index < -0.39 is 0 Å². The molecule has 0 radical (unpaired) electrons. The summed E-state index contributed by atoms with van der Waals surface area (Å²) in [6, 6.07) is 8.45. The number of imidazole rings is 1. The second-order valence-corrected chi connectivity index (χ2v) is 4.56. The van der Waals surface area contributed by atoms with Gasteiger partial charge in [-0.1, -0.05) is 32.0 Å². The number of nitrogens with zero attached hydrogens (tertiary/aromatic N) is 1. The molecular formula is C14H19N3. The number of rotatable bonds is 4. The lowest BCUT2D eigenvalue weighted by atomic mass is 10.0. The molecule has 1 heterocycles. The average Bonchev–Trinajstić information content (AvgIpc) is 2.79. The lowest BCUT2D eigenvalue weighted by Gasteiger charge is -2.07. The van der Waals surface area contributed by atoms with Crippen LogP contribution in [-0.2, 0) is 6.42 Å². The fourth-order valence-electron chi connectivity index (χ4n) is 2.02. The summed E-state index contributed by atoms with van der Waals surface area (Å²) in [7, 11) is 0. The molecule has 0 aliphatic heterocycles. The molecule has 3 heteroatoms. The van der Waals surface area contributed by atoms with Gasteiger partial charge in [-0.25, -0.2) is 4.98 Å². The van der Waals surface area contributed by atoms with Crippen LogP contribution in [0, 0.1) is 0 Å². The molecule has 0 fully saturated rings. The Hall–Kier alpha value is -1.61. The molecule has 3 N–H and O–H groups in total. The van der Waals surface area contributed by atoms with Crippen molar-refractivity contribution in [3.63, 3.8) is 0 Å². The number of nitrogens with two attached hydrogens (primary N) is 1. The number of hydrogen-bond donors (Lipinski definition) is 2. The van der Waals surface area contributed by atoms with E-state index >= 15 is 0 Å². The van der Waals surface area contributed by atoms with E-state index in [9.17, 15) is 0 Å². The second-order valence-electron chi connectivity index (χ2n) is 4.56. The van der Waals surface area contributed by atoms with Crippen LogP contribution < -0.4 is 5.73 Å². The second kappa shape index (κ2) is 5.15. The minimum absolute atomic E-state index is 0.450. The minimum Gasteiger partial charge on any atom is -0.348 e. The molecule has 1 aromatic heterocycles. The molecule has 0 aliphatic carbocycles. The van der Waals surface area contributed by atoms with E-state index in [1.54, 1.807) is 6.33 Å². The lowest BCUT2D eigenvalue weighted by Crippen LogP contribution is -2.02. The smallest absolute Gasteiger partial charge is 0.0929 e. The zero-order chi connectivity index (χ0) is 12.3. The minimum atomic E-state index is 0.450. The largest absolute Gasteiger partial charge is 0.348 e. The number of aromatic amines is 1. The highest BCUT2D eigenvalue weighted by molar-refractivity contribution is 5.63. The van der Waals surface area contributed by atoms with Gasteiger partial charge in [0.2, 0.25) is 0 Å². The van der Waals surface area contributed by atoms with E-state index in [1.165, 1.54) is 16.8 Å². The summed E-state index contributed by atoms with van der Waals surface area (Å²) in [6.45, 7) is 5.02. The Labute approximate surface area is 102 Å². The van der Waals surface area contributed by atoms with Crippen LogP contribution in [0.2, 0.25) is 0 Å². The highest BCUT2D eigenvalue weighted by Crippen LogP contribution is 2.26. The fraction of sp³-hybridized carbons (Fsp3) is 0.357. The summed E-state index contributed by atoms with van der Waals surface area (Å²) in [6.07, 6.45) is 2.68. The summed E-state index contributed by atoms with van der Waals surface area (Å²) < 4.78 is 0. The fourth-order valence-corrected chi connectivity index (χ4v) is 2.02. The topological polar surface area (TPSA) is 54.7 Å². The van der Waals surface area contributed by atoms with Gasteiger partial charge in [0.15, 0.2) is 0 Å². The first-order valence-electron chi connectivity index (χ1n) is 6.05. The van der Waals surface area contributed by atoms with Gasteiger partial charge in [0, 0.05) is 11.3 Å². The predicted molar refractivity (Wildman–Crippen MR) is 70.9 cm³/mol. The van der Waals surface area contributed by atoms with E-state index in [-0.39, 0.29) is 0 Å². The Morgan fingerprint density at radius 2 is 2.18 bits per heavy atom. The van der Waals surface area contributed by atoms with Crippen molar-refractivity contribution in [2.45, 2.75) is 26.2 Å². The molecule has 0 saturated heterocycles. The molecule has 2 rings (SSSR count). The van der Waals surface area contributed by atoms with Crippen LogP contribution in [0.25, 0.3) is 11.3 Å². The molecule has 0 spiro atoms. The average molecular weight is 229 g/mol. The third-order valence-electron chi connectivity index (χ3n) is 2.88. The van der Waals surface area contributed by atoms with Crippen LogP contribution in [0.4, 0.5) is 0 Å². The third kappa shape index (κ3) is 2.56. The Kier molecular flexibility index (Phi) is 3.59. The standard InChI is InChI=1S/C14H19N3/c1-10(2)13-14(17-9-16-13)12-5-3-4-11(8-12)6-7-15/h3-5,8-10H,6-7,15H2,1-2H3,(H,16,17). The summed E-state index contributed by atoms with van der Waals surface area (Å²) in [5.41, 5.74) is 10.3. The van der Waals surface area contributed by atoms with E-state index in [1.807, 2.05) is 0 Å². The maximum atomic E-state index is 5.59. The maximum absolute atomic E-state index is 5.59. The van der Waals surface area contributed by atoms with Crippen molar-refractivity contribution < 1.29 is 0 Å². The van der Waals surface area contributed by atoms with Crippen molar-refractivity contribution in [1.82, 2.24) is 9.97 Å². The first kappa shape index (κ1) is 11.9. The van der Waals surface area contributed by atoms with Gasteiger partial charge in [-0.05, 0) is 30.5 Å². The van der Waals surface area contributed by atoms with E-state index in [4.69, 9.17) is 5.73 Å². The van der Waals surface area contributed by atoms with Crippen molar-refractivity contribution in [3.8, 4) is 11.3 Å². The van der Waals surface area contributed by atoms with Gasteiger partial charge in [-0.2, -0.15) is 0 Å².